The maximum absolute atomic E-state index is 11.6. The molecule has 0 unspecified atom stereocenters. The van der Waals surface area contributed by atoms with Gasteiger partial charge in [-0.15, -0.1) is 0 Å². The van der Waals surface area contributed by atoms with Crippen molar-refractivity contribution in [1.82, 2.24) is 4.57 Å². The van der Waals surface area contributed by atoms with E-state index in [0.717, 1.165) is 17.0 Å². The second-order valence-electron chi connectivity index (χ2n) is 4.56. The lowest BCUT2D eigenvalue weighted by Gasteiger charge is -2.01. The van der Waals surface area contributed by atoms with Gasteiger partial charge in [-0.3, -0.25) is 4.79 Å². The van der Waals surface area contributed by atoms with E-state index in [1.165, 1.54) is 23.5 Å². The molecule has 0 aliphatic heterocycles. The number of thiazole rings is 1. The molecule has 0 spiro atoms. The molecule has 0 amide bonds. The second kappa shape index (κ2) is 6.05. The molecule has 0 bridgehead atoms. The molecular weight excluding hydrogens is 288 g/mol. The fraction of sp³-hybridized carbons (Fsp3) is 0.267. The molecule has 0 aliphatic carbocycles. The van der Waals surface area contributed by atoms with Crippen LogP contribution in [0.3, 0.4) is 0 Å². The predicted molar refractivity (Wildman–Crippen MR) is 81.3 cm³/mol. The Morgan fingerprint density at radius 2 is 1.90 bits per heavy atom. The number of carboxylic acid groups (broad SMARTS) is 1. The molecule has 2 aromatic rings. The van der Waals surface area contributed by atoms with Gasteiger partial charge in [0.2, 0.25) is 0 Å². The summed E-state index contributed by atoms with van der Waals surface area (Å²) in [6.45, 7) is 6.17. The van der Waals surface area contributed by atoms with Crippen molar-refractivity contribution < 1.29 is 14.7 Å². The lowest BCUT2D eigenvalue weighted by atomic mass is 10.2. The van der Waals surface area contributed by atoms with Crippen LogP contribution in [0.25, 0.3) is 0 Å². The Labute approximate surface area is 126 Å². The van der Waals surface area contributed by atoms with Crippen molar-refractivity contribution in [3.63, 3.8) is 0 Å². The Morgan fingerprint density at radius 1 is 1.29 bits per heavy atom. The Kier molecular flexibility index (Phi) is 4.37. The number of ketones is 1. The predicted octanol–water partition coefficient (Wildman–Crippen LogP) is 3.01. The van der Waals surface area contributed by atoms with Crippen molar-refractivity contribution >= 4 is 28.8 Å². The summed E-state index contributed by atoms with van der Waals surface area (Å²) < 4.78 is 1.98. The van der Waals surface area contributed by atoms with Gasteiger partial charge in [-0.1, -0.05) is 11.3 Å². The zero-order valence-electron chi connectivity index (χ0n) is 12.1. The minimum Gasteiger partial charge on any atom is -0.478 e. The van der Waals surface area contributed by atoms with E-state index in [1.807, 2.05) is 18.4 Å². The highest BCUT2D eigenvalue weighted by molar-refractivity contribution is 7.11. The number of carbonyl (C=O) groups is 2. The van der Waals surface area contributed by atoms with Gasteiger partial charge in [-0.05, 0) is 38.1 Å². The van der Waals surface area contributed by atoms with Gasteiger partial charge in [-0.2, -0.15) is 0 Å². The molecule has 0 saturated heterocycles. The Hall–Kier alpha value is -2.21. The molecular formula is C15H16N2O3S. The van der Waals surface area contributed by atoms with Gasteiger partial charge in [0.15, 0.2) is 10.6 Å². The van der Waals surface area contributed by atoms with Gasteiger partial charge in [0.25, 0.3) is 0 Å². The molecule has 2 rings (SSSR count). The highest BCUT2D eigenvalue weighted by Gasteiger charge is 2.12. The van der Waals surface area contributed by atoms with Crippen LogP contribution in [0.2, 0.25) is 0 Å². The van der Waals surface area contributed by atoms with E-state index in [1.54, 1.807) is 19.1 Å². The molecule has 1 aromatic heterocycles. The fourth-order valence-corrected chi connectivity index (χ4v) is 3.17. The summed E-state index contributed by atoms with van der Waals surface area (Å²) in [4.78, 5) is 28.4. The number of benzene rings is 1. The number of aromatic nitrogens is 1. The first-order valence-electron chi connectivity index (χ1n) is 6.53. The summed E-state index contributed by atoms with van der Waals surface area (Å²) in [5, 5.41) is 8.88. The number of hydrogen-bond acceptors (Lipinski definition) is 4. The van der Waals surface area contributed by atoms with Gasteiger partial charge in [0, 0.05) is 19.2 Å². The van der Waals surface area contributed by atoms with Crippen LogP contribution in [0, 0.1) is 6.92 Å². The van der Waals surface area contributed by atoms with Crippen molar-refractivity contribution in [1.29, 1.82) is 0 Å². The number of rotatable bonds is 4. The van der Waals surface area contributed by atoms with Gasteiger partial charge in [0.1, 0.15) is 0 Å². The van der Waals surface area contributed by atoms with E-state index in [-0.39, 0.29) is 11.3 Å². The third kappa shape index (κ3) is 3.11. The van der Waals surface area contributed by atoms with Gasteiger partial charge >= 0.3 is 5.97 Å². The summed E-state index contributed by atoms with van der Waals surface area (Å²) >= 11 is 1.35. The molecule has 1 aromatic carbocycles. The van der Waals surface area contributed by atoms with E-state index in [2.05, 4.69) is 4.99 Å². The Bertz CT molecular complexity index is 754. The molecule has 5 nitrogen and oxygen atoms in total. The first-order valence-corrected chi connectivity index (χ1v) is 7.35. The normalized spacial score (nSPS) is 11.7. The molecule has 0 aliphatic rings. The largest absolute Gasteiger partial charge is 0.478 e. The SMILES string of the molecule is CCn1c(C)c(C(C)=O)sc1=Nc1ccc(C(=O)O)cc1. The van der Waals surface area contributed by atoms with E-state index < -0.39 is 5.97 Å². The van der Waals surface area contributed by atoms with Crippen molar-refractivity contribution in [2.45, 2.75) is 27.3 Å². The van der Waals surface area contributed by atoms with Crippen LogP contribution in [-0.2, 0) is 6.54 Å². The van der Waals surface area contributed by atoms with Crippen molar-refractivity contribution in [2.24, 2.45) is 4.99 Å². The Balaban J connectivity index is 2.52. The first-order chi connectivity index (χ1) is 9.93. The average molecular weight is 304 g/mol. The maximum Gasteiger partial charge on any atom is 0.335 e. The smallest absolute Gasteiger partial charge is 0.335 e. The molecule has 1 heterocycles. The van der Waals surface area contributed by atoms with Crippen LogP contribution in [0.1, 0.15) is 39.6 Å². The molecule has 1 N–H and O–H groups in total. The van der Waals surface area contributed by atoms with Crippen molar-refractivity contribution in [3.8, 4) is 0 Å². The number of aromatic carboxylic acids is 1. The summed E-state index contributed by atoms with van der Waals surface area (Å²) in [7, 11) is 0. The number of hydrogen-bond donors (Lipinski definition) is 1. The average Bonchev–Trinajstić information content (AvgIpc) is 2.75. The van der Waals surface area contributed by atoms with Gasteiger partial charge in [-0.25, -0.2) is 9.79 Å². The van der Waals surface area contributed by atoms with Crippen molar-refractivity contribution in [2.75, 3.05) is 0 Å². The Morgan fingerprint density at radius 3 is 2.38 bits per heavy atom. The van der Waals surface area contributed by atoms with Crippen LogP contribution in [0.15, 0.2) is 29.3 Å². The van der Waals surface area contributed by atoms with E-state index in [4.69, 9.17) is 5.11 Å². The minimum absolute atomic E-state index is 0.0300. The molecule has 0 radical (unpaired) electrons. The van der Waals surface area contributed by atoms with E-state index in [9.17, 15) is 9.59 Å². The standard InChI is InChI=1S/C15H16N2O3S/c1-4-17-9(2)13(10(3)18)21-15(17)16-12-7-5-11(6-8-12)14(19)20/h5-8H,4H2,1-3H3,(H,19,20). The van der Waals surface area contributed by atoms with E-state index in [0.29, 0.717) is 10.6 Å². The number of carbonyl (C=O) groups excluding carboxylic acids is 1. The quantitative estimate of drug-likeness (QED) is 0.883. The fourth-order valence-electron chi connectivity index (χ4n) is 2.06. The molecule has 110 valence electrons. The molecule has 0 atom stereocenters. The first kappa shape index (κ1) is 15.2. The zero-order chi connectivity index (χ0) is 15.6. The lowest BCUT2D eigenvalue weighted by Crippen LogP contribution is -2.14. The van der Waals surface area contributed by atoms with Crippen LogP contribution in [-0.4, -0.2) is 21.4 Å². The molecule has 6 heteroatoms. The topological polar surface area (TPSA) is 71.7 Å². The highest BCUT2D eigenvalue weighted by atomic mass is 32.1. The number of nitrogens with zero attached hydrogens (tertiary/aromatic N) is 2. The van der Waals surface area contributed by atoms with Crippen LogP contribution < -0.4 is 4.80 Å². The second-order valence-corrected chi connectivity index (χ2v) is 5.54. The van der Waals surface area contributed by atoms with E-state index >= 15 is 0 Å². The lowest BCUT2D eigenvalue weighted by molar-refractivity contribution is 0.0696. The summed E-state index contributed by atoms with van der Waals surface area (Å²) in [5.41, 5.74) is 1.80. The summed E-state index contributed by atoms with van der Waals surface area (Å²) in [5.74, 6) is -0.932. The van der Waals surface area contributed by atoms with Crippen LogP contribution in [0.4, 0.5) is 5.69 Å². The van der Waals surface area contributed by atoms with Gasteiger partial charge < -0.3 is 9.67 Å². The van der Waals surface area contributed by atoms with Crippen molar-refractivity contribution in [3.05, 3.63) is 45.2 Å². The minimum atomic E-state index is -0.962. The number of Topliss-reactive ketones (excluding diaryl/α,β-unsaturated/α-hetero) is 1. The summed E-state index contributed by atoms with van der Waals surface area (Å²) in [6.07, 6.45) is 0. The maximum atomic E-state index is 11.6. The monoisotopic (exact) mass is 304 g/mol. The molecule has 0 fully saturated rings. The zero-order valence-corrected chi connectivity index (χ0v) is 12.9. The molecule has 21 heavy (non-hydrogen) atoms. The van der Waals surface area contributed by atoms with Crippen LogP contribution >= 0.6 is 11.3 Å². The van der Waals surface area contributed by atoms with Crippen LogP contribution in [0.5, 0.6) is 0 Å². The third-order valence-corrected chi connectivity index (χ3v) is 4.41. The third-order valence-electron chi connectivity index (χ3n) is 3.13. The van der Waals surface area contributed by atoms with Gasteiger partial charge in [0.05, 0.1) is 16.1 Å². The molecule has 0 saturated carbocycles. The number of carboxylic acids is 1. The summed E-state index contributed by atoms with van der Waals surface area (Å²) in [6, 6.07) is 6.35. The highest BCUT2D eigenvalue weighted by Crippen LogP contribution is 2.16.